The monoisotopic (exact) mass is 346 g/mol. The van der Waals surface area contributed by atoms with Crippen LogP contribution in [-0.4, -0.2) is 35.5 Å². The average molecular weight is 346 g/mol. The first-order chi connectivity index (χ1) is 12.7. The topological polar surface area (TPSA) is 68.2 Å². The zero-order valence-corrected chi connectivity index (χ0v) is 15.0. The lowest BCUT2D eigenvalue weighted by Crippen LogP contribution is -2.24. The number of hydrogen-bond donors (Lipinski definition) is 1. The van der Waals surface area contributed by atoms with E-state index in [4.69, 9.17) is 20.1 Å². The summed E-state index contributed by atoms with van der Waals surface area (Å²) in [6, 6.07) is 18.2. The fraction of sp³-hybridized carbons (Fsp3) is 0.238. The summed E-state index contributed by atoms with van der Waals surface area (Å²) >= 11 is 0. The van der Waals surface area contributed by atoms with Crippen molar-refractivity contribution in [3.8, 4) is 11.6 Å². The molecule has 0 aliphatic rings. The first-order valence-corrected chi connectivity index (χ1v) is 8.79. The molecule has 0 radical (unpaired) electrons. The summed E-state index contributed by atoms with van der Waals surface area (Å²) in [6.45, 7) is 0.598. The van der Waals surface area contributed by atoms with E-state index in [1.165, 1.54) is 0 Å². The van der Waals surface area contributed by atoms with E-state index >= 15 is 0 Å². The van der Waals surface area contributed by atoms with Crippen LogP contribution in [0, 0.1) is 0 Å². The highest BCUT2D eigenvalue weighted by molar-refractivity contribution is 5.85. The van der Waals surface area contributed by atoms with Gasteiger partial charge < -0.3 is 15.1 Å². The minimum atomic E-state index is 0.121. The number of hydrogen-bond acceptors (Lipinski definition) is 5. The molecule has 5 heteroatoms. The van der Waals surface area contributed by atoms with Crippen LogP contribution in [0.2, 0.25) is 0 Å². The standard InChI is InChI=1S/C21H22N4O/c1-25(2)17(11-12-22)20-15-8-4-5-9-16(15)23-21(24-20)19-13-14-7-3-6-10-18(14)26-19/h3-10,13,17H,11-12,22H2,1-2H3. The average Bonchev–Trinajstić information content (AvgIpc) is 3.09. The second-order valence-electron chi connectivity index (χ2n) is 6.65. The molecule has 0 aliphatic heterocycles. The molecule has 2 aromatic heterocycles. The van der Waals surface area contributed by atoms with Crippen LogP contribution in [0.1, 0.15) is 18.2 Å². The minimum Gasteiger partial charge on any atom is -0.453 e. The summed E-state index contributed by atoms with van der Waals surface area (Å²) in [5.74, 6) is 1.29. The van der Waals surface area contributed by atoms with Gasteiger partial charge in [-0.25, -0.2) is 9.97 Å². The third kappa shape index (κ3) is 2.96. The molecule has 1 unspecified atom stereocenters. The van der Waals surface area contributed by atoms with Gasteiger partial charge in [0.05, 0.1) is 17.3 Å². The highest BCUT2D eigenvalue weighted by Gasteiger charge is 2.21. The normalized spacial score (nSPS) is 12.9. The van der Waals surface area contributed by atoms with Gasteiger partial charge >= 0.3 is 0 Å². The maximum atomic E-state index is 5.99. The van der Waals surface area contributed by atoms with E-state index in [1.54, 1.807) is 0 Å². The Morgan fingerprint density at radius 1 is 1.04 bits per heavy atom. The van der Waals surface area contributed by atoms with Gasteiger partial charge in [-0.05, 0) is 45.3 Å². The molecular formula is C21H22N4O. The molecule has 4 rings (SSSR count). The lowest BCUT2D eigenvalue weighted by atomic mass is 10.0. The first kappa shape index (κ1) is 16.7. The van der Waals surface area contributed by atoms with Gasteiger partial charge in [0.25, 0.3) is 0 Å². The Morgan fingerprint density at radius 2 is 1.81 bits per heavy atom. The van der Waals surface area contributed by atoms with Crippen molar-refractivity contribution in [3.05, 3.63) is 60.3 Å². The van der Waals surface area contributed by atoms with Crippen LogP contribution in [0.3, 0.4) is 0 Å². The van der Waals surface area contributed by atoms with Crippen molar-refractivity contribution >= 4 is 21.9 Å². The van der Waals surface area contributed by atoms with Crippen LogP contribution in [0.4, 0.5) is 0 Å². The van der Waals surface area contributed by atoms with E-state index in [9.17, 15) is 0 Å². The maximum absolute atomic E-state index is 5.99. The highest BCUT2D eigenvalue weighted by Crippen LogP contribution is 2.31. The Bertz CT molecular complexity index is 1020. The molecule has 0 fully saturated rings. The Labute approximate surface area is 152 Å². The van der Waals surface area contributed by atoms with Gasteiger partial charge in [0, 0.05) is 10.8 Å². The lowest BCUT2D eigenvalue weighted by Gasteiger charge is -2.24. The van der Waals surface area contributed by atoms with Crippen LogP contribution in [-0.2, 0) is 0 Å². The predicted octanol–water partition coefficient (Wildman–Crippen LogP) is 3.99. The molecule has 0 spiro atoms. The molecule has 4 aromatic rings. The molecule has 0 amide bonds. The zero-order valence-electron chi connectivity index (χ0n) is 15.0. The smallest absolute Gasteiger partial charge is 0.196 e. The summed E-state index contributed by atoms with van der Waals surface area (Å²) in [5.41, 5.74) is 8.60. The first-order valence-electron chi connectivity index (χ1n) is 8.79. The number of nitrogens with two attached hydrogens (primary N) is 1. The number of rotatable bonds is 5. The second-order valence-corrected chi connectivity index (χ2v) is 6.65. The molecule has 1 atom stereocenters. The number of fused-ring (bicyclic) bond motifs is 2. The van der Waals surface area contributed by atoms with Crippen molar-refractivity contribution in [1.82, 2.24) is 14.9 Å². The second kappa shape index (κ2) is 6.86. The van der Waals surface area contributed by atoms with Crippen molar-refractivity contribution < 1.29 is 4.42 Å². The zero-order chi connectivity index (χ0) is 18.1. The van der Waals surface area contributed by atoms with Crippen molar-refractivity contribution in [2.75, 3.05) is 20.6 Å². The molecule has 0 bridgehead atoms. The lowest BCUT2D eigenvalue weighted by molar-refractivity contribution is 0.283. The third-order valence-corrected chi connectivity index (χ3v) is 4.66. The van der Waals surface area contributed by atoms with Crippen molar-refractivity contribution in [2.45, 2.75) is 12.5 Å². The van der Waals surface area contributed by atoms with Gasteiger partial charge in [-0.2, -0.15) is 0 Å². The summed E-state index contributed by atoms with van der Waals surface area (Å²) in [4.78, 5) is 11.8. The number of benzene rings is 2. The third-order valence-electron chi connectivity index (χ3n) is 4.66. The van der Waals surface area contributed by atoms with E-state index in [0.29, 0.717) is 18.1 Å². The Kier molecular flexibility index (Phi) is 4.41. The summed E-state index contributed by atoms with van der Waals surface area (Å²) < 4.78 is 5.99. The Hall–Kier alpha value is -2.76. The number of aromatic nitrogens is 2. The molecule has 2 aromatic carbocycles. The predicted molar refractivity (Wildman–Crippen MR) is 105 cm³/mol. The van der Waals surface area contributed by atoms with Crippen molar-refractivity contribution in [3.63, 3.8) is 0 Å². The largest absolute Gasteiger partial charge is 0.453 e. The molecule has 0 saturated heterocycles. The van der Waals surface area contributed by atoms with E-state index in [-0.39, 0.29) is 6.04 Å². The van der Waals surface area contributed by atoms with Gasteiger partial charge in [0.15, 0.2) is 11.6 Å². The Morgan fingerprint density at radius 3 is 2.58 bits per heavy atom. The molecule has 2 N–H and O–H groups in total. The maximum Gasteiger partial charge on any atom is 0.196 e. The van der Waals surface area contributed by atoms with Gasteiger partial charge in [0.1, 0.15) is 5.58 Å². The van der Waals surface area contributed by atoms with E-state index in [2.05, 4.69) is 25.1 Å². The highest BCUT2D eigenvalue weighted by atomic mass is 16.3. The summed E-state index contributed by atoms with van der Waals surface area (Å²) in [5, 5.41) is 2.10. The van der Waals surface area contributed by atoms with Gasteiger partial charge in [-0.3, -0.25) is 0 Å². The molecule has 26 heavy (non-hydrogen) atoms. The van der Waals surface area contributed by atoms with Gasteiger partial charge in [-0.1, -0.05) is 36.4 Å². The Balaban J connectivity index is 1.93. The van der Waals surface area contributed by atoms with Gasteiger partial charge in [0.2, 0.25) is 0 Å². The van der Waals surface area contributed by atoms with Crippen LogP contribution in [0.5, 0.6) is 0 Å². The van der Waals surface area contributed by atoms with Gasteiger partial charge in [-0.15, -0.1) is 0 Å². The quantitative estimate of drug-likeness (QED) is 0.592. The molecule has 0 saturated carbocycles. The fourth-order valence-corrected chi connectivity index (χ4v) is 3.35. The minimum absolute atomic E-state index is 0.121. The van der Waals surface area contributed by atoms with Crippen molar-refractivity contribution in [2.24, 2.45) is 5.73 Å². The summed E-state index contributed by atoms with van der Waals surface area (Å²) in [7, 11) is 4.11. The number of para-hydroxylation sites is 2. The van der Waals surface area contributed by atoms with Crippen LogP contribution >= 0.6 is 0 Å². The van der Waals surface area contributed by atoms with E-state index < -0.39 is 0 Å². The number of furan rings is 1. The van der Waals surface area contributed by atoms with Crippen LogP contribution in [0.25, 0.3) is 33.5 Å². The SMILES string of the molecule is CN(C)C(CCN)c1nc(-c2cc3ccccc3o2)nc2ccccc12. The van der Waals surface area contributed by atoms with Crippen LogP contribution < -0.4 is 5.73 Å². The fourth-order valence-electron chi connectivity index (χ4n) is 3.35. The van der Waals surface area contributed by atoms with Crippen molar-refractivity contribution in [1.29, 1.82) is 0 Å². The van der Waals surface area contributed by atoms with E-state index in [0.717, 1.165) is 34.0 Å². The molecule has 5 nitrogen and oxygen atoms in total. The summed E-state index contributed by atoms with van der Waals surface area (Å²) in [6.07, 6.45) is 0.827. The number of nitrogens with zero attached hydrogens (tertiary/aromatic N) is 3. The molecule has 2 heterocycles. The van der Waals surface area contributed by atoms with E-state index in [1.807, 2.05) is 48.5 Å². The van der Waals surface area contributed by atoms with Crippen LogP contribution in [0.15, 0.2) is 59.0 Å². The molecule has 0 aliphatic carbocycles. The molecule has 132 valence electrons. The molecular weight excluding hydrogens is 324 g/mol.